The zero-order valence-electron chi connectivity index (χ0n) is 29.9. The summed E-state index contributed by atoms with van der Waals surface area (Å²) in [5.41, 5.74) is -0.342. The number of nitrogens with one attached hydrogen (secondary N) is 2. The van der Waals surface area contributed by atoms with E-state index in [0.717, 1.165) is 28.7 Å². The van der Waals surface area contributed by atoms with Gasteiger partial charge in [0.15, 0.2) is 0 Å². The maximum atomic E-state index is 15.2. The van der Waals surface area contributed by atoms with Crippen LogP contribution in [0.25, 0.3) is 11.3 Å². The molecule has 3 N–H and O–H groups in total. The van der Waals surface area contributed by atoms with Crippen LogP contribution in [0.2, 0.25) is 0 Å². The Balaban J connectivity index is 1.47. The third-order valence-electron chi connectivity index (χ3n) is 9.38. The van der Waals surface area contributed by atoms with Gasteiger partial charge in [0.1, 0.15) is 29.7 Å². The smallest absolute Gasteiger partial charge is 0.253 e. The molecule has 0 aliphatic carbocycles. The molecule has 2 aliphatic heterocycles. The number of benzene rings is 2. The minimum atomic E-state index is -1.49. The summed E-state index contributed by atoms with van der Waals surface area (Å²) in [5, 5.41) is 16.5. The minimum Gasteiger partial charge on any atom is -0.384 e. The van der Waals surface area contributed by atoms with Gasteiger partial charge >= 0.3 is 0 Å². The normalized spacial score (nSPS) is 18.4. The molecule has 0 spiro atoms. The first-order valence-electron chi connectivity index (χ1n) is 17.5. The standard InChI is InChI=1S/C38H45F3N6O6/c1-24(48)37(52)47(22-26-19-42-20-30(26)41)35(38(2,3)18-32(49)43-13-15-53-16-14-46-33(50)11-12-34(46)51)36-44-31(28-17-27(39)9-10-29(28)40)23-45(36)21-25-7-5-4-6-8-25/h4-12,17,23-24,26,30,35,42,48H,13-16,18-22H2,1-3H3,(H,43,49)/t24-,26-,30-,35-/m0/s1. The number of carbonyl (C=O) groups is 4. The lowest BCUT2D eigenvalue weighted by molar-refractivity contribution is -0.147. The molecule has 0 unspecified atom stereocenters. The summed E-state index contributed by atoms with van der Waals surface area (Å²) < 4.78 is 52.0. The van der Waals surface area contributed by atoms with Crippen molar-refractivity contribution in [1.29, 1.82) is 0 Å². The molecule has 4 amide bonds. The average molecular weight is 739 g/mol. The number of aliphatic hydroxyl groups is 1. The van der Waals surface area contributed by atoms with Crippen molar-refractivity contribution >= 4 is 23.6 Å². The lowest BCUT2D eigenvalue weighted by Crippen LogP contribution is -2.50. The molecule has 3 aromatic rings. The van der Waals surface area contributed by atoms with Crippen LogP contribution in [0, 0.1) is 23.0 Å². The number of ether oxygens (including phenoxy) is 1. The number of imidazole rings is 1. The zero-order valence-corrected chi connectivity index (χ0v) is 29.9. The van der Waals surface area contributed by atoms with E-state index in [0.29, 0.717) is 0 Å². The number of hydrogen-bond donors (Lipinski definition) is 3. The van der Waals surface area contributed by atoms with Gasteiger partial charge in [0.2, 0.25) is 5.91 Å². The average Bonchev–Trinajstić information content (AvgIpc) is 3.81. The van der Waals surface area contributed by atoms with E-state index in [1.165, 1.54) is 24.0 Å². The van der Waals surface area contributed by atoms with E-state index in [4.69, 9.17) is 9.72 Å². The van der Waals surface area contributed by atoms with E-state index in [9.17, 15) is 28.7 Å². The second kappa shape index (κ2) is 17.3. The van der Waals surface area contributed by atoms with Crippen molar-refractivity contribution in [2.24, 2.45) is 11.3 Å². The molecule has 3 heterocycles. The van der Waals surface area contributed by atoms with E-state index in [-0.39, 0.29) is 76.0 Å². The molecule has 2 aromatic carbocycles. The van der Waals surface area contributed by atoms with E-state index >= 15 is 8.78 Å². The number of imide groups is 1. The second-order valence-electron chi connectivity index (χ2n) is 14.0. The SMILES string of the molecule is C[C@H](O)C(=O)N(C[C@@H]1CNC[C@@H]1F)[C@@H](c1nc(-c2cc(F)ccc2F)cn1Cc1ccccc1)C(C)(C)CC(=O)NCCOCCN1C(=O)C=CC1=O. The second-order valence-corrected chi connectivity index (χ2v) is 14.0. The third-order valence-corrected chi connectivity index (χ3v) is 9.38. The first-order valence-corrected chi connectivity index (χ1v) is 17.5. The number of hydrogen-bond acceptors (Lipinski definition) is 8. The minimum absolute atomic E-state index is 0.0634. The topological polar surface area (TPSA) is 146 Å². The Bertz CT molecular complexity index is 1800. The summed E-state index contributed by atoms with van der Waals surface area (Å²) in [4.78, 5) is 58.2. The van der Waals surface area contributed by atoms with Crippen LogP contribution in [0.5, 0.6) is 0 Å². The van der Waals surface area contributed by atoms with Crippen LogP contribution >= 0.6 is 0 Å². The van der Waals surface area contributed by atoms with E-state index in [2.05, 4.69) is 10.6 Å². The molecule has 0 radical (unpaired) electrons. The highest BCUT2D eigenvalue weighted by Gasteiger charge is 2.45. The molecule has 5 rings (SSSR count). The molecule has 1 aromatic heterocycles. The van der Waals surface area contributed by atoms with Gasteiger partial charge < -0.3 is 29.9 Å². The van der Waals surface area contributed by atoms with Crippen LogP contribution in [0.3, 0.4) is 0 Å². The Labute approximate surface area is 306 Å². The maximum Gasteiger partial charge on any atom is 0.253 e. The van der Waals surface area contributed by atoms with Crippen molar-refractivity contribution < 1.29 is 42.2 Å². The van der Waals surface area contributed by atoms with Crippen LogP contribution in [0.15, 0.2) is 66.9 Å². The van der Waals surface area contributed by atoms with Crippen LogP contribution in [-0.2, 0) is 30.5 Å². The molecule has 284 valence electrons. The first kappa shape index (κ1) is 39.3. The molecule has 15 heteroatoms. The van der Waals surface area contributed by atoms with E-state index < -0.39 is 64.9 Å². The fourth-order valence-electron chi connectivity index (χ4n) is 6.73. The lowest BCUT2D eigenvalue weighted by atomic mass is 9.78. The van der Waals surface area contributed by atoms with Crippen molar-refractivity contribution in [3.05, 3.63) is 89.9 Å². The fourth-order valence-corrected chi connectivity index (χ4v) is 6.73. The number of rotatable bonds is 17. The summed E-state index contributed by atoms with van der Waals surface area (Å²) in [5.74, 6) is -3.78. The molecule has 1 fully saturated rings. The van der Waals surface area contributed by atoms with Gasteiger partial charge in [0.05, 0.1) is 31.5 Å². The quantitative estimate of drug-likeness (QED) is 0.142. The number of aromatic nitrogens is 2. The maximum absolute atomic E-state index is 15.2. The van der Waals surface area contributed by atoms with E-state index in [1.807, 2.05) is 30.3 Å². The third kappa shape index (κ3) is 9.77. The van der Waals surface area contributed by atoms with Gasteiger partial charge in [-0.2, -0.15) is 0 Å². The van der Waals surface area contributed by atoms with Gasteiger partial charge in [-0.3, -0.25) is 24.1 Å². The summed E-state index contributed by atoms with van der Waals surface area (Å²) in [6.45, 7) is 5.56. The van der Waals surface area contributed by atoms with E-state index in [1.54, 1.807) is 24.6 Å². The highest BCUT2D eigenvalue weighted by Crippen LogP contribution is 2.43. The molecule has 1 saturated heterocycles. The predicted molar refractivity (Wildman–Crippen MR) is 189 cm³/mol. The van der Waals surface area contributed by atoms with Gasteiger partial charge in [-0.25, -0.2) is 18.2 Å². The fraction of sp³-hybridized carbons (Fsp3) is 0.447. The molecular weight excluding hydrogens is 693 g/mol. The summed E-state index contributed by atoms with van der Waals surface area (Å²) in [7, 11) is 0. The number of alkyl halides is 1. The van der Waals surface area contributed by atoms with Gasteiger partial charge in [0.25, 0.3) is 17.7 Å². The molecule has 0 saturated carbocycles. The summed E-state index contributed by atoms with van der Waals surface area (Å²) >= 11 is 0. The monoisotopic (exact) mass is 738 g/mol. The Hall–Kier alpha value is -4.86. The van der Waals surface area contributed by atoms with Crippen LogP contribution in [0.4, 0.5) is 13.2 Å². The van der Waals surface area contributed by atoms with Gasteiger partial charge in [-0.05, 0) is 30.7 Å². The Kier molecular flexibility index (Phi) is 12.9. The number of aliphatic hydroxyl groups excluding tert-OH is 1. The highest BCUT2D eigenvalue weighted by molar-refractivity contribution is 6.12. The highest BCUT2D eigenvalue weighted by atomic mass is 19.1. The molecule has 53 heavy (non-hydrogen) atoms. The van der Waals surface area contributed by atoms with Crippen molar-refractivity contribution in [2.45, 2.75) is 52.1 Å². The number of carbonyl (C=O) groups excluding carboxylic acids is 4. The first-order chi connectivity index (χ1) is 25.2. The molecule has 4 atom stereocenters. The predicted octanol–water partition coefficient (Wildman–Crippen LogP) is 3.16. The van der Waals surface area contributed by atoms with Crippen molar-refractivity contribution in [1.82, 2.24) is 30.0 Å². The van der Waals surface area contributed by atoms with Gasteiger partial charge in [-0.1, -0.05) is 44.2 Å². The van der Waals surface area contributed by atoms with Gasteiger partial charge in [0, 0.05) is 74.4 Å². The molecular formula is C38H45F3N6O6. The number of amides is 4. The Morgan fingerprint density at radius 2 is 1.81 bits per heavy atom. The summed E-state index contributed by atoms with van der Waals surface area (Å²) in [6, 6.07) is 11.2. The van der Waals surface area contributed by atoms with Crippen LogP contribution in [-0.4, -0.2) is 106 Å². The van der Waals surface area contributed by atoms with Crippen LogP contribution in [0.1, 0.15) is 44.6 Å². The number of halogens is 3. The largest absolute Gasteiger partial charge is 0.384 e. The summed E-state index contributed by atoms with van der Waals surface area (Å²) in [6.07, 6.45) is 0.968. The number of nitrogens with zero attached hydrogens (tertiary/aromatic N) is 4. The van der Waals surface area contributed by atoms with Crippen LogP contribution < -0.4 is 10.6 Å². The molecule has 2 aliphatic rings. The van der Waals surface area contributed by atoms with Crippen molar-refractivity contribution in [3.8, 4) is 11.3 Å². The van der Waals surface area contributed by atoms with Crippen molar-refractivity contribution in [2.75, 3.05) is 45.9 Å². The Morgan fingerprint density at radius 1 is 1.09 bits per heavy atom. The zero-order chi connectivity index (χ0) is 38.3. The van der Waals surface area contributed by atoms with Crippen molar-refractivity contribution in [3.63, 3.8) is 0 Å². The molecule has 0 bridgehead atoms. The Morgan fingerprint density at radius 3 is 2.47 bits per heavy atom. The van der Waals surface area contributed by atoms with Gasteiger partial charge in [-0.15, -0.1) is 0 Å². The molecule has 12 nitrogen and oxygen atoms in total. The lowest BCUT2D eigenvalue weighted by Gasteiger charge is -2.43.